The van der Waals surface area contributed by atoms with Gasteiger partial charge >= 0.3 is 5.97 Å². The summed E-state index contributed by atoms with van der Waals surface area (Å²) in [7, 11) is 1.60. The standard InChI is InChI=1S/C20H18O4/c1-23-17-9-6-14(7-10-17)12-19(20(21)22)24-18-11-8-15-4-2-3-5-16(15)13-18/h2-11,13,19H,12H2,1H3,(H,21,22). The highest BCUT2D eigenvalue weighted by Crippen LogP contribution is 2.22. The molecule has 0 saturated heterocycles. The van der Waals surface area contributed by atoms with Crippen LogP contribution in [0, 0.1) is 0 Å². The Balaban J connectivity index is 1.78. The van der Waals surface area contributed by atoms with Crippen molar-refractivity contribution in [3.05, 3.63) is 72.3 Å². The molecule has 3 rings (SSSR count). The number of benzene rings is 3. The Hall–Kier alpha value is -3.01. The van der Waals surface area contributed by atoms with Crippen molar-refractivity contribution in [2.75, 3.05) is 7.11 Å². The number of rotatable bonds is 6. The van der Waals surface area contributed by atoms with Crippen LogP contribution in [0.3, 0.4) is 0 Å². The van der Waals surface area contributed by atoms with Gasteiger partial charge in [-0.1, -0.05) is 42.5 Å². The lowest BCUT2D eigenvalue weighted by Crippen LogP contribution is -2.29. The van der Waals surface area contributed by atoms with Crippen LogP contribution < -0.4 is 9.47 Å². The lowest BCUT2D eigenvalue weighted by atomic mass is 10.1. The van der Waals surface area contributed by atoms with Gasteiger partial charge in [0.2, 0.25) is 0 Å². The number of hydrogen-bond acceptors (Lipinski definition) is 3. The first-order valence-electron chi connectivity index (χ1n) is 7.67. The minimum Gasteiger partial charge on any atom is -0.497 e. The molecule has 122 valence electrons. The number of carboxylic acid groups (broad SMARTS) is 1. The number of aliphatic carboxylic acids is 1. The third kappa shape index (κ3) is 3.66. The summed E-state index contributed by atoms with van der Waals surface area (Å²) < 4.78 is 10.8. The Labute approximate surface area is 140 Å². The van der Waals surface area contributed by atoms with Crippen LogP contribution in [0.15, 0.2) is 66.7 Å². The fourth-order valence-corrected chi connectivity index (χ4v) is 2.56. The highest BCUT2D eigenvalue weighted by molar-refractivity contribution is 5.84. The van der Waals surface area contributed by atoms with Crippen molar-refractivity contribution in [1.29, 1.82) is 0 Å². The molecule has 0 saturated carbocycles. The topological polar surface area (TPSA) is 55.8 Å². The van der Waals surface area contributed by atoms with E-state index < -0.39 is 12.1 Å². The Morgan fingerprint density at radius 1 is 0.958 bits per heavy atom. The Morgan fingerprint density at radius 3 is 2.29 bits per heavy atom. The largest absolute Gasteiger partial charge is 0.497 e. The van der Waals surface area contributed by atoms with Crippen LogP contribution in [0.5, 0.6) is 11.5 Å². The maximum atomic E-state index is 11.5. The second-order valence-electron chi connectivity index (χ2n) is 5.51. The minimum absolute atomic E-state index is 0.284. The number of ether oxygens (including phenoxy) is 2. The predicted octanol–water partition coefficient (Wildman–Crippen LogP) is 3.92. The van der Waals surface area contributed by atoms with Gasteiger partial charge in [-0.25, -0.2) is 4.79 Å². The van der Waals surface area contributed by atoms with Gasteiger partial charge in [-0.15, -0.1) is 0 Å². The molecule has 0 amide bonds. The van der Waals surface area contributed by atoms with E-state index in [2.05, 4.69) is 0 Å². The number of carbonyl (C=O) groups is 1. The molecule has 3 aromatic carbocycles. The van der Waals surface area contributed by atoms with E-state index in [1.54, 1.807) is 13.2 Å². The summed E-state index contributed by atoms with van der Waals surface area (Å²) in [6, 6.07) is 20.8. The van der Waals surface area contributed by atoms with Crippen molar-refractivity contribution in [2.24, 2.45) is 0 Å². The zero-order valence-electron chi connectivity index (χ0n) is 13.3. The molecule has 1 unspecified atom stereocenters. The van der Waals surface area contributed by atoms with Crippen molar-refractivity contribution < 1.29 is 19.4 Å². The molecule has 3 aromatic rings. The van der Waals surface area contributed by atoms with E-state index in [0.29, 0.717) is 5.75 Å². The van der Waals surface area contributed by atoms with Crippen LogP contribution in [-0.2, 0) is 11.2 Å². The molecule has 0 fully saturated rings. The molecule has 4 heteroatoms. The second-order valence-corrected chi connectivity index (χ2v) is 5.51. The van der Waals surface area contributed by atoms with Gasteiger partial charge < -0.3 is 14.6 Å². The maximum Gasteiger partial charge on any atom is 0.345 e. The van der Waals surface area contributed by atoms with Crippen LogP contribution in [-0.4, -0.2) is 24.3 Å². The highest BCUT2D eigenvalue weighted by Gasteiger charge is 2.20. The Morgan fingerprint density at radius 2 is 1.62 bits per heavy atom. The number of carboxylic acids is 1. The fraction of sp³-hybridized carbons (Fsp3) is 0.150. The highest BCUT2D eigenvalue weighted by atomic mass is 16.5. The number of methoxy groups -OCH3 is 1. The number of hydrogen-bond donors (Lipinski definition) is 1. The zero-order valence-corrected chi connectivity index (χ0v) is 13.3. The minimum atomic E-state index is -0.987. The lowest BCUT2D eigenvalue weighted by Gasteiger charge is -2.16. The molecule has 1 atom stereocenters. The van der Waals surface area contributed by atoms with Gasteiger partial charge in [0.05, 0.1) is 7.11 Å². The van der Waals surface area contributed by atoms with Crippen LogP contribution >= 0.6 is 0 Å². The first-order valence-corrected chi connectivity index (χ1v) is 7.67. The summed E-state index contributed by atoms with van der Waals surface area (Å²) >= 11 is 0. The van der Waals surface area contributed by atoms with Gasteiger partial charge in [0.1, 0.15) is 11.5 Å². The predicted molar refractivity (Wildman–Crippen MR) is 92.7 cm³/mol. The van der Waals surface area contributed by atoms with Crippen LogP contribution in [0.2, 0.25) is 0 Å². The molecule has 1 N–H and O–H groups in total. The molecule has 0 aliphatic carbocycles. The SMILES string of the molecule is COc1ccc(CC(Oc2ccc3ccccc3c2)C(=O)O)cc1. The summed E-state index contributed by atoms with van der Waals surface area (Å²) in [5.74, 6) is 0.301. The molecular weight excluding hydrogens is 304 g/mol. The van der Waals surface area contributed by atoms with E-state index in [0.717, 1.165) is 22.1 Å². The zero-order chi connectivity index (χ0) is 16.9. The second kappa shape index (κ2) is 7.04. The van der Waals surface area contributed by atoms with Crippen molar-refractivity contribution in [3.63, 3.8) is 0 Å². The van der Waals surface area contributed by atoms with E-state index in [9.17, 15) is 9.90 Å². The molecule has 0 aliphatic heterocycles. The summed E-state index contributed by atoms with van der Waals surface area (Å²) in [6.45, 7) is 0. The van der Waals surface area contributed by atoms with Crippen molar-refractivity contribution in [2.45, 2.75) is 12.5 Å². The molecular formula is C20H18O4. The summed E-state index contributed by atoms with van der Waals surface area (Å²) in [5, 5.41) is 11.6. The van der Waals surface area contributed by atoms with Crippen molar-refractivity contribution in [3.8, 4) is 11.5 Å². The molecule has 24 heavy (non-hydrogen) atoms. The third-order valence-electron chi connectivity index (χ3n) is 3.85. The average molecular weight is 322 g/mol. The fourth-order valence-electron chi connectivity index (χ4n) is 2.56. The molecule has 0 spiro atoms. The van der Waals surface area contributed by atoms with Crippen molar-refractivity contribution >= 4 is 16.7 Å². The van der Waals surface area contributed by atoms with Gasteiger partial charge in [0.15, 0.2) is 6.10 Å². The Kier molecular flexibility index (Phi) is 4.66. The molecule has 0 aromatic heterocycles. The van der Waals surface area contributed by atoms with Gasteiger partial charge in [-0.2, -0.15) is 0 Å². The number of fused-ring (bicyclic) bond motifs is 1. The van der Waals surface area contributed by atoms with Gasteiger partial charge in [0, 0.05) is 6.42 Å². The summed E-state index contributed by atoms with van der Waals surface area (Å²) in [6.07, 6.45) is -0.661. The monoisotopic (exact) mass is 322 g/mol. The van der Waals surface area contributed by atoms with E-state index in [1.807, 2.05) is 60.7 Å². The lowest BCUT2D eigenvalue weighted by molar-refractivity contribution is -0.145. The van der Waals surface area contributed by atoms with Gasteiger partial charge in [-0.05, 0) is 40.6 Å². The first-order chi connectivity index (χ1) is 11.7. The molecule has 4 nitrogen and oxygen atoms in total. The smallest absolute Gasteiger partial charge is 0.345 e. The van der Waals surface area contributed by atoms with E-state index in [1.165, 1.54) is 0 Å². The quantitative estimate of drug-likeness (QED) is 0.747. The Bertz CT molecular complexity index is 840. The third-order valence-corrected chi connectivity index (χ3v) is 3.85. The normalized spacial score (nSPS) is 11.9. The summed E-state index contributed by atoms with van der Waals surface area (Å²) in [5.41, 5.74) is 0.879. The van der Waals surface area contributed by atoms with E-state index in [-0.39, 0.29) is 6.42 Å². The maximum absolute atomic E-state index is 11.5. The van der Waals surface area contributed by atoms with Gasteiger partial charge in [0.25, 0.3) is 0 Å². The molecule has 0 bridgehead atoms. The van der Waals surface area contributed by atoms with Gasteiger partial charge in [-0.3, -0.25) is 0 Å². The molecule has 0 heterocycles. The van der Waals surface area contributed by atoms with Crippen LogP contribution in [0.4, 0.5) is 0 Å². The summed E-state index contributed by atoms with van der Waals surface area (Å²) in [4.78, 5) is 11.5. The van der Waals surface area contributed by atoms with Crippen molar-refractivity contribution in [1.82, 2.24) is 0 Å². The molecule has 0 aliphatic rings. The van der Waals surface area contributed by atoms with E-state index in [4.69, 9.17) is 9.47 Å². The molecule has 0 radical (unpaired) electrons. The first kappa shape index (κ1) is 15.9. The average Bonchev–Trinajstić information content (AvgIpc) is 2.61. The van der Waals surface area contributed by atoms with E-state index >= 15 is 0 Å². The van der Waals surface area contributed by atoms with Crippen LogP contribution in [0.25, 0.3) is 10.8 Å². The van der Waals surface area contributed by atoms with Crippen LogP contribution in [0.1, 0.15) is 5.56 Å².